The number of para-hydroxylation sites is 3. The zero-order valence-electron chi connectivity index (χ0n) is 27.7. The third kappa shape index (κ3) is 4.90. The Hall–Kier alpha value is -6.84. The highest BCUT2D eigenvalue weighted by atomic mass is 16.3. The van der Waals surface area contributed by atoms with Gasteiger partial charge in [0.1, 0.15) is 16.7 Å². The van der Waals surface area contributed by atoms with E-state index >= 15 is 0 Å². The third-order valence-electron chi connectivity index (χ3n) is 9.90. The van der Waals surface area contributed by atoms with E-state index in [1.807, 2.05) is 18.2 Å². The molecule has 0 N–H and O–H groups in total. The highest BCUT2D eigenvalue weighted by molar-refractivity contribution is 6.14. The molecule has 0 spiro atoms. The molecule has 8 aromatic carbocycles. The minimum atomic E-state index is 0.847. The Balaban J connectivity index is 1.21. The molecule has 0 saturated carbocycles. The first-order valence-electron chi connectivity index (χ1n) is 17.3. The zero-order valence-corrected chi connectivity index (χ0v) is 27.7. The SMILES string of the molecule is c1ccc(-c2ccccc2N(c2ccc(-c3ccc4c(c3)oc3ccccc34)cc2)c2c(-c3ccccc3)ccc3c2oc2ccccc23)cc1. The molecule has 0 saturated heterocycles. The quantitative estimate of drug-likeness (QED) is 0.179. The van der Waals surface area contributed by atoms with Crippen molar-refractivity contribution in [3.05, 3.63) is 188 Å². The molecule has 0 aliphatic heterocycles. The average Bonchev–Trinajstić information content (AvgIpc) is 3.77. The Morgan fingerprint density at radius 2 is 0.882 bits per heavy atom. The van der Waals surface area contributed by atoms with Crippen LogP contribution in [-0.4, -0.2) is 0 Å². The summed E-state index contributed by atoms with van der Waals surface area (Å²) in [6.07, 6.45) is 0. The Morgan fingerprint density at radius 3 is 1.63 bits per heavy atom. The van der Waals surface area contributed by atoms with Crippen molar-refractivity contribution >= 4 is 60.9 Å². The number of anilines is 3. The van der Waals surface area contributed by atoms with Crippen molar-refractivity contribution in [2.75, 3.05) is 4.90 Å². The van der Waals surface area contributed by atoms with Gasteiger partial charge in [0.15, 0.2) is 5.58 Å². The lowest BCUT2D eigenvalue weighted by atomic mass is 9.97. The molecule has 0 bridgehead atoms. The molecule has 2 aromatic heterocycles. The lowest BCUT2D eigenvalue weighted by Gasteiger charge is -2.30. The van der Waals surface area contributed by atoms with E-state index < -0.39 is 0 Å². The van der Waals surface area contributed by atoms with Crippen LogP contribution in [-0.2, 0) is 0 Å². The Kier molecular flexibility index (Phi) is 6.81. The summed E-state index contributed by atoms with van der Waals surface area (Å²) in [4.78, 5) is 2.38. The summed E-state index contributed by atoms with van der Waals surface area (Å²) in [5.74, 6) is 0. The molecule has 0 aliphatic carbocycles. The molecular weight excluding hydrogens is 623 g/mol. The number of hydrogen-bond acceptors (Lipinski definition) is 3. The molecule has 240 valence electrons. The maximum Gasteiger partial charge on any atom is 0.160 e. The second-order valence-corrected chi connectivity index (χ2v) is 12.9. The second kappa shape index (κ2) is 11.9. The van der Waals surface area contributed by atoms with E-state index in [4.69, 9.17) is 8.83 Å². The standard InChI is InChI=1S/C48H31NO2/c1-3-13-33(14-4-1)37-17-7-10-20-43(37)49(36-26-23-32(24-27-36)35-25-28-41-39-18-8-11-21-44(39)50-46(41)31-35)47-38(34-15-5-2-6-16-34)29-30-42-40-19-9-12-22-45(40)51-48(42)47/h1-31H. The summed E-state index contributed by atoms with van der Waals surface area (Å²) in [6, 6.07) is 66.2. The Bertz CT molecular complexity index is 2850. The van der Waals surface area contributed by atoms with Crippen LogP contribution in [0.3, 0.4) is 0 Å². The topological polar surface area (TPSA) is 29.5 Å². The fourth-order valence-electron chi connectivity index (χ4n) is 7.47. The predicted molar refractivity (Wildman–Crippen MR) is 212 cm³/mol. The fourth-order valence-corrected chi connectivity index (χ4v) is 7.47. The van der Waals surface area contributed by atoms with E-state index in [1.54, 1.807) is 0 Å². The van der Waals surface area contributed by atoms with Gasteiger partial charge in [-0.2, -0.15) is 0 Å². The highest BCUT2D eigenvalue weighted by Gasteiger charge is 2.25. The van der Waals surface area contributed by atoms with Gasteiger partial charge in [-0.15, -0.1) is 0 Å². The maximum atomic E-state index is 6.82. The molecule has 0 amide bonds. The van der Waals surface area contributed by atoms with Crippen molar-refractivity contribution < 1.29 is 8.83 Å². The van der Waals surface area contributed by atoms with Crippen LogP contribution < -0.4 is 4.90 Å². The van der Waals surface area contributed by atoms with Crippen LogP contribution in [0.4, 0.5) is 17.1 Å². The smallest absolute Gasteiger partial charge is 0.160 e. The van der Waals surface area contributed by atoms with Gasteiger partial charge < -0.3 is 13.7 Å². The molecule has 0 radical (unpaired) electrons. The number of rotatable bonds is 6. The van der Waals surface area contributed by atoms with Crippen LogP contribution in [0.2, 0.25) is 0 Å². The van der Waals surface area contributed by atoms with Gasteiger partial charge in [-0.25, -0.2) is 0 Å². The largest absolute Gasteiger partial charge is 0.456 e. The summed E-state index contributed by atoms with van der Waals surface area (Å²) in [7, 11) is 0. The van der Waals surface area contributed by atoms with Crippen molar-refractivity contribution in [1.29, 1.82) is 0 Å². The summed E-state index contributed by atoms with van der Waals surface area (Å²) in [5, 5.41) is 4.44. The molecule has 2 heterocycles. The van der Waals surface area contributed by atoms with Crippen molar-refractivity contribution in [3.8, 4) is 33.4 Å². The monoisotopic (exact) mass is 653 g/mol. The van der Waals surface area contributed by atoms with Crippen LogP contribution in [0.5, 0.6) is 0 Å². The van der Waals surface area contributed by atoms with E-state index in [-0.39, 0.29) is 0 Å². The minimum absolute atomic E-state index is 0.847. The van der Waals surface area contributed by atoms with Crippen LogP contribution in [0.25, 0.3) is 77.3 Å². The van der Waals surface area contributed by atoms with Gasteiger partial charge >= 0.3 is 0 Å². The van der Waals surface area contributed by atoms with Gasteiger partial charge in [0.25, 0.3) is 0 Å². The van der Waals surface area contributed by atoms with Gasteiger partial charge in [-0.1, -0.05) is 140 Å². The first-order valence-corrected chi connectivity index (χ1v) is 17.3. The van der Waals surface area contributed by atoms with E-state index in [0.29, 0.717) is 0 Å². The summed E-state index contributed by atoms with van der Waals surface area (Å²) >= 11 is 0. The van der Waals surface area contributed by atoms with Crippen molar-refractivity contribution in [2.24, 2.45) is 0 Å². The van der Waals surface area contributed by atoms with E-state index in [0.717, 1.165) is 94.3 Å². The summed E-state index contributed by atoms with van der Waals surface area (Å²) in [5.41, 5.74) is 13.3. The van der Waals surface area contributed by atoms with Crippen molar-refractivity contribution in [2.45, 2.75) is 0 Å². The molecule has 3 heteroatoms. The lowest BCUT2D eigenvalue weighted by Crippen LogP contribution is -2.13. The normalized spacial score (nSPS) is 11.5. The van der Waals surface area contributed by atoms with Crippen molar-refractivity contribution in [3.63, 3.8) is 0 Å². The predicted octanol–water partition coefficient (Wildman–Crippen LogP) is 14.0. The van der Waals surface area contributed by atoms with E-state index in [2.05, 4.69) is 175 Å². The molecular formula is C48H31NO2. The van der Waals surface area contributed by atoms with E-state index in [1.165, 1.54) is 0 Å². The average molecular weight is 654 g/mol. The maximum absolute atomic E-state index is 6.82. The van der Waals surface area contributed by atoms with Gasteiger partial charge in [-0.05, 0) is 70.8 Å². The molecule has 51 heavy (non-hydrogen) atoms. The van der Waals surface area contributed by atoms with Gasteiger partial charge in [0, 0.05) is 38.4 Å². The van der Waals surface area contributed by atoms with E-state index in [9.17, 15) is 0 Å². The van der Waals surface area contributed by atoms with Crippen LogP contribution in [0.15, 0.2) is 197 Å². The number of furan rings is 2. The van der Waals surface area contributed by atoms with Crippen LogP contribution in [0.1, 0.15) is 0 Å². The first kappa shape index (κ1) is 29.1. The Labute approximate surface area is 295 Å². The number of fused-ring (bicyclic) bond motifs is 6. The van der Waals surface area contributed by atoms with Crippen LogP contribution >= 0.6 is 0 Å². The number of hydrogen-bond donors (Lipinski definition) is 0. The molecule has 10 rings (SSSR count). The highest BCUT2D eigenvalue weighted by Crippen LogP contribution is 2.49. The Morgan fingerprint density at radius 1 is 0.333 bits per heavy atom. The third-order valence-corrected chi connectivity index (χ3v) is 9.90. The molecule has 10 aromatic rings. The number of benzene rings is 8. The molecule has 0 unspecified atom stereocenters. The van der Waals surface area contributed by atoms with Gasteiger partial charge in [-0.3, -0.25) is 0 Å². The molecule has 0 aliphatic rings. The number of nitrogens with zero attached hydrogens (tertiary/aromatic N) is 1. The molecule has 0 atom stereocenters. The zero-order chi connectivity index (χ0) is 33.7. The summed E-state index contributed by atoms with van der Waals surface area (Å²) in [6.45, 7) is 0. The fraction of sp³-hybridized carbons (Fsp3) is 0. The first-order chi connectivity index (χ1) is 25.3. The molecule has 3 nitrogen and oxygen atoms in total. The minimum Gasteiger partial charge on any atom is -0.456 e. The van der Waals surface area contributed by atoms with Gasteiger partial charge in [0.05, 0.1) is 11.4 Å². The van der Waals surface area contributed by atoms with Crippen molar-refractivity contribution in [1.82, 2.24) is 0 Å². The van der Waals surface area contributed by atoms with Crippen LogP contribution in [0, 0.1) is 0 Å². The molecule has 0 fully saturated rings. The summed E-state index contributed by atoms with van der Waals surface area (Å²) < 4.78 is 13.1. The lowest BCUT2D eigenvalue weighted by molar-refractivity contribution is 0.669. The van der Waals surface area contributed by atoms with Gasteiger partial charge in [0.2, 0.25) is 0 Å². The second-order valence-electron chi connectivity index (χ2n) is 12.9.